The van der Waals surface area contributed by atoms with Crippen molar-refractivity contribution in [1.82, 2.24) is 0 Å². The van der Waals surface area contributed by atoms with E-state index in [0.29, 0.717) is 67.3 Å². The van der Waals surface area contributed by atoms with Crippen LogP contribution in [0.15, 0.2) is 91.0 Å². The van der Waals surface area contributed by atoms with Gasteiger partial charge in [-0.15, -0.1) is 0 Å². The first-order chi connectivity index (χ1) is 41.9. The van der Waals surface area contributed by atoms with Gasteiger partial charge in [-0.25, -0.2) is 0 Å². The van der Waals surface area contributed by atoms with Gasteiger partial charge in [0.05, 0.1) is 0 Å². The molecule has 0 saturated carbocycles. The first kappa shape index (κ1) is 73.9. The monoisotopic (exact) mass is 1260 g/mol. The lowest BCUT2D eigenvalue weighted by molar-refractivity contribution is 0.422. The molecule has 7 aromatic rings. The van der Waals surface area contributed by atoms with Crippen molar-refractivity contribution >= 4 is 0 Å². The van der Waals surface area contributed by atoms with Crippen molar-refractivity contribution in [3.63, 3.8) is 0 Å². The van der Waals surface area contributed by atoms with Crippen molar-refractivity contribution < 1.29 is 25.5 Å². The highest BCUT2D eigenvalue weighted by molar-refractivity contribution is 5.59. The average Bonchev–Trinajstić information content (AvgIpc) is 0.795. The minimum atomic E-state index is -0.341. The Morgan fingerprint density at radius 2 is 0.355 bits per heavy atom. The Morgan fingerprint density at radius 3 is 0.570 bits per heavy atom. The Morgan fingerprint density at radius 1 is 0.183 bits per heavy atom. The second kappa shape index (κ2) is 25.3. The zero-order valence-corrected chi connectivity index (χ0v) is 63.6. The van der Waals surface area contributed by atoms with Gasteiger partial charge in [0.2, 0.25) is 0 Å². The van der Waals surface area contributed by atoms with Crippen LogP contribution in [0.25, 0.3) is 0 Å². The topological polar surface area (TPSA) is 101 Å². The number of phenols is 5. The lowest BCUT2D eigenvalue weighted by Crippen LogP contribution is -2.18. The van der Waals surface area contributed by atoms with Crippen LogP contribution in [0, 0.1) is 0 Å². The predicted octanol–water partition coefficient (Wildman–Crippen LogP) is 22.7. The van der Waals surface area contributed by atoms with E-state index in [1.54, 1.807) is 0 Å². The van der Waals surface area contributed by atoms with E-state index in [4.69, 9.17) is 0 Å². The van der Waals surface area contributed by atoms with Gasteiger partial charge in [0, 0.05) is 0 Å². The van der Waals surface area contributed by atoms with Gasteiger partial charge in [0.15, 0.2) is 0 Å². The molecule has 0 amide bonds. The summed E-state index contributed by atoms with van der Waals surface area (Å²) >= 11 is 0. The SMILES string of the molecule is CC(C)(C)c1cc(Cc2ccc(Cc3c(Cc4cc(C(C)(C)C)c(O)c(C(C)(C)C)c4)cc(Cc4cc(C(C)(C)C)c(O)c(C(C)(C)C)c4)cc3Cc3cc(C(C)(C)C)c(O)c(C(C)(C)C)c3)c(Cc3cc(C(C)(C)C)c(O)c(C(C)(C)C)c3)c2)cc(C(C)(C)C)c1O. The summed E-state index contributed by atoms with van der Waals surface area (Å²) in [7, 11) is 0. The van der Waals surface area contributed by atoms with Crippen LogP contribution in [-0.4, -0.2) is 25.5 Å². The van der Waals surface area contributed by atoms with Gasteiger partial charge in [0.25, 0.3) is 0 Å². The standard InChI is InChI=1S/C88H122O5/c1-79(2,3)64-41-54(42-65(74(64)89)80(4,5)6)33-52-31-32-59(60(35-52)36-56-45-68(83(13,14)15)76(91)69(46-56)84(16,17)18)51-63-61(39-57-47-70(85(19,20)21)77(92)71(48-57)86(22,23)24)37-53(34-55-43-66(81(7,8)9)75(90)67(44-55)82(10,11)12)38-62(63)40-58-49-72(87(25,26)27)78(93)73(50-58)88(28,29)30/h31-32,35,37-38,41-50,89-93H,33-34,36,39-40,51H2,1-30H3. The van der Waals surface area contributed by atoms with E-state index in [1.165, 1.54) is 38.9 Å². The Balaban J connectivity index is 1.63. The number of rotatable bonds is 12. The molecule has 0 heterocycles. The molecule has 5 N–H and O–H groups in total. The van der Waals surface area contributed by atoms with Crippen molar-refractivity contribution in [2.45, 2.75) is 300 Å². The van der Waals surface area contributed by atoms with Crippen molar-refractivity contribution in [3.05, 3.63) is 213 Å². The molecule has 5 heteroatoms. The van der Waals surface area contributed by atoms with Crippen LogP contribution in [0.2, 0.25) is 0 Å². The van der Waals surface area contributed by atoms with E-state index < -0.39 is 0 Å². The minimum Gasteiger partial charge on any atom is -0.507 e. The summed E-state index contributed by atoms with van der Waals surface area (Å²) < 4.78 is 0. The lowest BCUT2D eigenvalue weighted by atomic mass is 9.76. The smallest absolute Gasteiger partial charge is 0.123 e. The largest absolute Gasteiger partial charge is 0.507 e. The molecule has 0 radical (unpaired) electrons. The van der Waals surface area contributed by atoms with Crippen LogP contribution in [0.5, 0.6) is 28.7 Å². The summed E-state index contributed by atoms with van der Waals surface area (Å²) in [5.41, 5.74) is 20.3. The molecule has 5 nitrogen and oxygen atoms in total. The Labute approximate surface area is 565 Å². The summed E-state index contributed by atoms with van der Waals surface area (Å²) in [5, 5.41) is 60.5. The molecule has 0 atom stereocenters. The number of aromatic hydroxyl groups is 5. The van der Waals surface area contributed by atoms with E-state index in [0.717, 1.165) is 83.5 Å². The molecule has 0 unspecified atom stereocenters. The quantitative estimate of drug-likeness (QED) is 0.0839. The van der Waals surface area contributed by atoms with Gasteiger partial charge in [-0.2, -0.15) is 0 Å². The number of hydrogen-bond donors (Lipinski definition) is 5. The summed E-state index contributed by atoms with van der Waals surface area (Å²) in [6, 6.07) is 34.4. The summed E-state index contributed by atoms with van der Waals surface area (Å²) in [5.74, 6) is 1.84. The zero-order chi connectivity index (χ0) is 70.4. The van der Waals surface area contributed by atoms with Crippen LogP contribution in [0.3, 0.4) is 0 Å². The maximum atomic E-state index is 12.2. The van der Waals surface area contributed by atoms with Crippen LogP contribution in [0.1, 0.15) is 330 Å². The highest BCUT2D eigenvalue weighted by Crippen LogP contribution is 2.47. The highest BCUT2D eigenvalue weighted by atomic mass is 16.3. The lowest BCUT2D eigenvalue weighted by Gasteiger charge is -2.29. The Hall–Kier alpha value is -6.46. The van der Waals surface area contributed by atoms with Gasteiger partial charge < -0.3 is 25.5 Å². The van der Waals surface area contributed by atoms with Gasteiger partial charge in [-0.3, -0.25) is 0 Å². The van der Waals surface area contributed by atoms with E-state index in [9.17, 15) is 25.5 Å². The van der Waals surface area contributed by atoms with Gasteiger partial charge >= 0.3 is 0 Å². The molecule has 0 aliphatic rings. The van der Waals surface area contributed by atoms with E-state index in [2.05, 4.69) is 299 Å². The molecular weight excluding hydrogens is 1140 g/mol. The first-order valence-electron chi connectivity index (χ1n) is 34.5. The molecule has 0 aromatic heterocycles. The van der Waals surface area contributed by atoms with Gasteiger partial charge in [-0.1, -0.05) is 299 Å². The van der Waals surface area contributed by atoms with Gasteiger partial charge in [0.1, 0.15) is 28.7 Å². The van der Waals surface area contributed by atoms with E-state index >= 15 is 0 Å². The van der Waals surface area contributed by atoms with Gasteiger partial charge in [-0.05, 0) is 215 Å². The predicted molar refractivity (Wildman–Crippen MR) is 397 cm³/mol. The van der Waals surface area contributed by atoms with E-state index in [-0.39, 0.29) is 54.1 Å². The number of benzene rings is 7. The van der Waals surface area contributed by atoms with Crippen LogP contribution in [0.4, 0.5) is 0 Å². The molecule has 93 heavy (non-hydrogen) atoms. The summed E-state index contributed by atoms with van der Waals surface area (Å²) in [6.45, 7) is 65.6. The molecule has 0 bridgehead atoms. The fourth-order valence-corrected chi connectivity index (χ4v) is 13.7. The molecule has 7 aromatic carbocycles. The second-order valence-corrected chi connectivity index (χ2v) is 38.3. The molecule has 0 aliphatic heterocycles. The maximum absolute atomic E-state index is 12.2. The Bertz CT molecular complexity index is 3640. The normalized spacial score (nSPS) is 13.5. The van der Waals surface area contributed by atoms with Crippen molar-refractivity contribution in [2.75, 3.05) is 0 Å². The third kappa shape index (κ3) is 17.2. The number of hydrogen-bond acceptors (Lipinski definition) is 5. The molecule has 0 spiro atoms. The highest BCUT2D eigenvalue weighted by Gasteiger charge is 2.33. The zero-order valence-electron chi connectivity index (χ0n) is 63.6. The Kier molecular flexibility index (Phi) is 20.1. The van der Waals surface area contributed by atoms with Crippen molar-refractivity contribution in [3.8, 4) is 28.7 Å². The third-order valence-electron chi connectivity index (χ3n) is 19.1. The first-order valence-corrected chi connectivity index (χ1v) is 34.5. The molecule has 0 saturated heterocycles. The third-order valence-corrected chi connectivity index (χ3v) is 19.1. The summed E-state index contributed by atoms with van der Waals surface area (Å²) in [4.78, 5) is 0. The maximum Gasteiger partial charge on any atom is 0.123 e. The molecular formula is C88H122O5. The summed E-state index contributed by atoms with van der Waals surface area (Å²) in [6.07, 6.45) is 3.77. The van der Waals surface area contributed by atoms with E-state index in [1.807, 2.05) is 0 Å². The van der Waals surface area contributed by atoms with Crippen molar-refractivity contribution in [2.24, 2.45) is 0 Å². The number of phenolic OH excluding ortho intramolecular Hbond substituents is 5. The molecule has 7 rings (SSSR count). The molecule has 0 aliphatic carbocycles. The van der Waals surface area contributed by atoms with Crippen LogP contribution in [-0.2, 0) is 92.7 Å². The van der Waals surface area contributed by atoms with Crippen LogP contribution < -0.4 is 0 Å². The van der Waals surface area contributed by atoms with Crippen molar-refractivity contribution in [1.29, 1.82) is 0 Å². The fraction of sp³-hybridized carbons (Fsp3) is 0.523. The molecule has 0 fully saturated rings. The van der Waals surface area contributed by atoms with Crippen LogP contribution >= 0.6 is 0 Å². The minimum absolute atomic E-state index is 0.283. The average molecular weight is 1260 g/mol. The second-order valence-electron chi connectivity index (χ2n) is 38.3. The molecule has 504 valence electrons. The fourth-order valence-electron chi connectivity index (χ4n) is 13.7.